The van der Waals surface area contributed by atoms with Gasteiger partial charge >= 0.3 is 0 Å². The highest BCUT2D eigenvalue weighted by Gasteiger charge is 2.17. The number of nitrogens with one attached hydrogen (secondary N) is 1. The van der Waals surface area contributed by atoms with Gasteiger partial charge in [0.1, 0.15) is 11.5 Å². The van der Waals surface area contributed by atoms with E-state index in [1.807, 2.05) is 48.7 Å². The van der Waals surface area contributed by atoms with Crippen molar-refractivity contribution in [3.05, 3.63) is 59.8 Å². The fraction of sp³-hybridized carbons (Fsp3) is 0.286. The second kappa shape index (κ2) is 7.62. The number of aryl methyl sites for hydroxylation is 1. The summed E-state index contributed by atoms with van der Waals surface area (Å²) in [5, 5.41) is 20.1. The lowest BCUT2D eigenvalue weighted by atomic mass is 9.99. The van der Waals surface area contributed by atoms with Crippen LogP contribution in [0.2, 0.25) is 0 Å². The summed E-state index contributed by atoms with van der Waals surface area (Å²) in [5.74, 6) is 1.54. The molecule has 2 aromatic carbocycles. The van der Waals surface area contributed by atoms with Crippen molar-refractivity contribution in [3.8, 4) is 11.5 Å². The maximum Gasteiger partial charge on any atom is 0.120 e. The molecular formula is C21H24N2O3. The van der Waals surface area contributed by atoms with Crippen LogP contribution in [0.25, 0.3) is 10.9 Å². The highest BCUT2D eigenvalue weighted by atomic mass is 16.5. The summed E-state index contributed by atoms with van der Waals surface area (Å²) in [6.07, 6.45) is 1.50. The molecule has 0 fully saturated rings. The van der Waals surface area contributed by atoms with Crippen molar-refractivity contribution in [3.63, 3.8) is 0 Å². The number of nitrogens with zero attached hydrogens (tertiary/aromatic N) is 1. The lowest BCUT2D eigenvalue weighted by molar-refractivity contribution is 0.186. The molecule has 5 heteroatoms. The van der Waals surface area contributed by atoms with Crippen molar-refractivity contribution in [2.24, 2.45) is 0 Å². The fourth-order valence-corrected chi connectivity index (χ4v) is 3.15. The van der Waals surface area contributed by atoms with E-state index < -0.39 is 6.10 Å². The minimum atomic E-state index is -0.730. The first-order valence-electron chi connectivity index (χ1n) is 8.64. The third-order valence-electron chi connectivity index (χ3n) is 4.65. The molecule has 0 spiro atoms. The molecule has 0 radical (unpaired) electrons. The summed E-state index contributed by atoms with van der Waals surface area (Å²) in [7, 11) is 3.26. The van der Waals surface area contributed by atoms with Gasteiger partial charge in [-0.1, -0.05) is 12.1 Å². The number of hydrogen-bond donors (Lipinski definition) is 2. The summed E-state index contributed by atoms with van der Waals surface area (Å²) < 4.78 is 12.6. The van der Waals surface area contributed by atoms with Crippen LogP contribution in [0.1, 0.15) is 30.6 Å². The van der Waals surface area contributed by atoms with E-state index in [9.17, 15) is 5.11 Å². The van der Waals surface area contributed by atoms with Crippen LogP contribution in [0.15, 0.2) is 48.7 Å². The molecule has 3 aromatic rings. The molecule has 1 unspecified atom stereocenters. The number of fused-ring (bicyclic) bond motifs is 1. The summed E-state index contributed by atoms with van der Waals surface area (Å²) in [5.41, 5.74) is 3.06. The Bertz CT molecular complexity index is 913. The van der Waals surface area contributed by atoms with E-state index in [-0.39, 0.29) is 6.42 Å². The fourth-order valence-electron chi connectivity index (χ4n) is 3.15. The largest absolute Gasteiger partial charge is 0.497 e. The summed E-state index contributed by atoms with van der Waals surface area (Å²) >= 11 is 0. The Morgan fingerprint density at radius 3 is 2.35 bits per heavy atom. The van der Waals surface area contributed by atoms with Gasteiger partial charge in [0.15, 0.2) is 0 Å². The van der Waals surface area contributed by atoms with Crippen molar-refractivity contribution in [2.45, 2.75) is 26.0 Å². The monoisotopic (exact) mass is 352 g/mol. The summed E-state index contributed by atoms with van der Waals surface area (Å²) in [4.78, 5) is 0. The molecule has 2 N–H and O–H groups in total. The molecule has 0 aliphatic heterocycles. The summed E-state index contributed by atoms with van der Waals surface area (Å²) in [6.45, 7) is 2.87. The van der Waals surface area contributed by atoms with Crippen LogP contribution in [0.3, 0.4) is 0 Å². The highest BCUT2D eigenvalue weighted by Crippen LogP contribution is 2.29. The van der Waals surface area contributed by atoms with Crippen LogP contribution in [0.4, 0.5) is 0 Å². The molecule has 1 atom stereocenters. The standard InChI is InChI=1S/C21H24N2O3/c1-4-23-13-18(17-10-9-16(26-3)11-20(17)23)19(22)12-21(24)14-5-7-15(25-2)8-6-14/h5-11,13,21-22,24H,4,12H2,1-3H3. The zero-order valence-electron chi connectivity index (χ0n) is 15.3. The molecule has 5 nitrogen and oxygen atoms in total. The van der Waals surface area contributed by atoms with E-state index in [2.05, 4.69) is 11.5 Å². The Balaban J connectivity index is 1.87. The van der Waals surface area contributed by atoms with Crippen molar-refractivity contribution < 1.29 is 14.6 Å². The van der Waals surface area contributed by atoms with Crippen LogP contribution >= 0.6 is 0 Å². The molecule has 26 heavy (non-hydrogen) atoms. The molecule has 1 heterocycles. The van der Waals surface area contributed by atoms with E-state index in [1.54, 1.807) is 14.2 Å². The number of aliphatic hydroxyl groups is 1. The van der Waals surface area contributed by atoms with E-state index in [1.165, 1.54) is 0 Å². The van der Waals surface area contributed by atoms with Gasteiger partial charge in [0.25, 0.3) is 0 Å². The van der Waals surface area contributed by atoms with Gasteiger partial charge in [0.2, 0.25) is 0 Å². The number of ether oxygens (including phenoxy) is 2. The first-order chi connectivity index (χ1) is 12.6. The first kappa shape index (κ1) is 18.0. The predicted octanol–water partition coefficient (Wildman–Crippen LogP) is 4.17. The number of aromatic nitrogens is 1. The second-order valence-corrected chi connectivity index (χ2v) is 6.18. The smallest absolute Gasteiger partial charge is 0.120 e. The van der Waals surface area contributed by atoms with Crippen LogP contribution < -0.4 is 9.47 Å². The minimum Gasteiger partial charge on any atom is -0.497 e. The number of rotatable bonds is 7. The maximum absolute atomic E-state index is 10.5. The van der Waals surface area contributed by atoms with Crippen LogP contribution in [0.5, 0.6) is 11.5 Å². The van der Waals surface area contributed by atoms with Crippen molar-refractivity contribution in [2.75, 3.05) is 14.2 Å². The number of methoxy groups -OCH3 is 2. The Morgan fingerprint density at radius 2 is 1.73 bits per heavy atom. The Hall–Kier alpha value is -2.79. The van der Waals surface area contributed by atoms with Crippen LogP contribution in [-0.2, 0) is 6.54 Å². The molecule has 0 bridgehead atoms. The molecule has 0 amide bonds. The van der Waals surface area contributed by atoms with Gasteiger partial charge < -0.3 is 24.6 Å². The molecule has 0 saturated carbocycles. The number of aliphatic hydroxyl groups excluding tert-OH is 1. The van der Waals surface area contributed by atoms with E-state index in [0.29, 0.717) is 5.71 Å². The van der Waals surface area contributed by atoms with Gasteiger partial charge in [-0.15, -0.1) is 0 Å². The normalized spacial score (nSPS) is 12.2. The highest BCUT2D eigenvalue weighted by molar-refractivity contribution is 6.09. The Labute approximate surface area is 153 Å². The lowest BCUT2D eigenvalue weighted by Crippen LogP contribution is -2.07. The van der Waals surface area contributed by atoms with E-state index >= 15 is 0 Å². The van der Waals surface area contributed by atoms with Crippen molar-refractivity contribution in [1.29, 1.82) is 5.41 Å². The third-order valence-corrected chi connectivity index (χ3v) is 4.65. The van der Waals surface area contributed by atoms with E-state index in [4.69, 9.17) is 14.9 Å². The zero-order valence-corrected chi connectivity index (χ0v) is 15.3. The minimum absolute atomic E-state index is 0.251. The van der Waals surface area contributed by atoms with Gasteiger partial charge in [-0.3, -0.25) is 0 Å². The zero-order chi connectivity index (χ0) is 18.7. The molecule has 0 saturated heterocycles. The average molecular weight is 352 g/mol. The van der Waals surface area contributed by atoms with Gasteiger partial charge in [0.05, 0.1) is 25.8 Å². The maximum atomic E-state index is 10.5. The van der Waals surface area contributed by atoms with Crippen molar-refractivity contribution in [1.82, 2.24) is 4.57 Å². The molecule has 0 aliphatic rings. The molecular weight excluding hydrogens is 328 g/mol. The topological polar surface area (TPSA) is 67.5 Å². The van der Waals surface area contributed by atoms with Gasteiger partial charge in [-0.25, -0.2) is 0 Å². The Morgan fingerprint density at radius 1 is 1.08 bits per heavy atom. The van der Waals surface area contributed by atoms with Crippen molar-refractivity contribution >= 4 is 16.6 Å². The first-order valence-corrected chi connectivity index (χ1v) is 8.64. The quantitative estimate of drug-likeness (QED) is 0.627. The third kappa shape index (κ3) is 3.44. The molecule has 1 aromatic heterocycles. The number of benzene rings is 2. The SMILES string of the molecule is CCn1cc(C(=N)CC(O)c2ccc(OC)cc2)c2ccc(OC)cc21. The number of hydrogen-bond acceptors (Lipinski definition) is 4. The van der Waals surface area contributed by atoms with Gasteiger partial charge in [-0.2, -0.15) is 0 Å². The van der Waals surface area contributed by atoms with Gasteiger partial charge in [0, 0.05) is 41.9 Å². The summed E-state index contributed by atoms with van der Waals surface area (Å²) in [6, 6.07) is 13.2. The molecule has 3 rings (SSSR count). The lowest BCUT2D eigenvalue weighted by Gasteiger charge is -2.12. The second-order valence-electron chi connectivity index (χ2n) is 6.18. The van der Waals surface area contributed by atoms with Crippen LogP contribution in [0, 0.1) is 5.41 Å². The van der Waals surface area contributed by atoms with Gasteiger partial charge in [-0.05, 0) is 36.8 Å². The van der Waals surface area contributed by atoms with E-state index in [0.717, 1.165) is 40.1 Å². The Kier molecular flexibility index (Phi) is 5.28. The molecule has 0 aliphatic carbocycles. The van der Waals surface area contributed by atoms with Crippen LogP contribution in [-0.4, -0.2) is 29.6 Å². The predicted molar refractivity (Wildman–Crippen MR) is 104 cm³/mol. The average Bonchev–Trinajstić information content (AvgIpc) is 3.05. The molecule has 136 valence electrons.